The lowest BCUT2D eigenvalue weighted by molar-refractivity contribution is 0.0955. The standard InChI is InChI=1S/C22H18ClN5O/c1-16-19(21(23)28(26-16)17-9-3-2-4-10-17)15-24-25-22(29)18-11-5-6-12-20(18)27-13-7-8-14-27/h2-15H,1H3,(H,25,29)/b24-15-. The predicted molar refractivity (Wildman–Crippen MR) is 114 cm³/mol. The maximum Gasteiger partial charge on any atom is 0.273 e. The lowest BCUT2D eigenvalue weighted by Gasteiger charge is -2.08. The molecule has 0 unspecified atom stereocenters. The Morgan fingerprint density at radius 2 is 1.72 bits per heavy atom. The van der Waals surface area contributed by atoms with Gasteiger partial charge in [0.25, 0.3) is 5.91 Å². The fourth-order valence-corrected chi connectivity index (χ4v) is 3.32. The second-order valence-electron chi connectivity index (χ2n) is 6.34. The molecule has 4 aromatic rings. The average molecular weight is 404 g/mol. The van der Waals surface area contributed by atoms with Crippen LogP contribution >= 0.6 is 11.6 Å². The second-order valence-corrected chi connectivity index (χ2v) is 6.70. The number of amides is 1. The van der Waals surface area contributed by atoms with Crippen LogP contribution in [0.25, 0.3) is 11.4 Å². The van der Waals surface area contributed by atoms with E-state index >= 15 is 0 Å². The Kier molecular flexibility index (Phi) is 5.27. The minimum absolute atomic E-state index is 0.310. The predicted octanol–water partition coefficient (Wildman–Crippen LogP) is 4.39. The first-order valence-electron chi connectivity index (χ1n) is 9.01. The molecule has 0 aliphatic carbocycles. The largest absolute Gasteiger partial charge is 0.323 e. The van der Waals surface area contributed by atoms with Gasteiger partial charge in [0, 0.05) is 12.4 Å². The highest BCUT2D eigenvalue weighted by atomic mass is 35.5. The highest BCUT2D eigenvalue weighted by molar-refractivity contribution is 6.32. The summed E-state index contributed by atoms with van der Waals surface area (Å²) >= 11 is 6.48. The Labute approximate surface area is 173 Å². The van der Waals surface area contributed by atoms with Gasteiger partial charge in [0.05, 0.1) is 34.4 Å². The number of hydrogen-bond acceptors (Lipinski definition) is 3. The van der Waals surface area contributed by atoms with Gasteiger partial charge in [-0.1, -0.05) is 41.9 Å². The number of aromatic nitrogens is 3. The lowest BCUT2D eigenvalue weighted by atomic mass is 10.1. The normalized spacial score (nSPS) is 11.1. The van der Waals surface area contributed by atoms with Crippen molar-refractivity contribution < 1.29 is 4.79 Å². The molecule has 1 N–H and O–H groups in total. The van der Waals surface area contributed by atoms with E-state index in [1.54, 1.807) is 10.7 Å². The van der Waals surface area contributed by atoms with E-state index in [2.05, 4.69) is 15.6 Å². The SMILES string of the molecule is Cc1nn(-c2ccccc2)c(Cl)c1/C=N\NC(=O)c1ccccc1-n1cccc1. The van der Waals surface area contributed by atoms with Crippen molar-refractivity contribution in [2.24, 2.45) is 5.10 Å². The third kappa shape index (κ3) is 3.83. The van der Waals surface area contributed by atoms with Crippen LogP contribution in [0.15, 0.2) is 84.2 Å². The molecule has 0 aliphatic rings. The van der Waals surface area contributed by atoms with Gasteiger partial charge in [-0.2, -0.15) is 10.2 Å². The van der Waals surface area contributed by atoms with Crippen LogP contribution in [0, 0.1) is 6.92 Å². The van der Waals surface area contributed by atoms with Crippen molar-refractivity contribution in [2.75, 3.05) is 0 Å². The van der Waals surface area contributed by atoms with Crippen LogP contribution in [0.3, 0.4) is 0 Å². The van der Waals surface area contributed by atoms with Gasteiger partial charge in [0.1, 0.15) is 5.15 Å². The number of para-hydroxylation sites is 2. The summed E-state index contributed by atoms with van der Waals surface area (Å²) in [4.78, 5) is 12.7. The van der Waals surface area contributed by atoms with Gasteiger partial charge >= 0.3 is 0 Å². The fourth-order valence-electron chi connectivity index (χ4n) is 3.00. The molecule has 1 amide bonds. The van der Waals surface area contributed by atoms with Crippen molar-refractivity contribution in [3.63, 3.8) is 0 Å². The molecular formula is C22H18ClN5O. The average Bonchev–Trinajstić information content (AvgIpc) is 3.38. The van der Waals surface area contributed by atoms with E-state index in [-0.39, 0.29) is 5.91 Å². The highest BCUT2D eigenvalue weighted by Crippen LogP contribution is 2.22. The van der Waals surface area contributed by atoms with Crippen LogP contribution in [0.1, 0.15) is 21.6 Å². The van der Waals surface area contributed by atoms with Gasteiger partial charge < -0.3 is 4.57 Å². The summed E-state index contributed by atoms with van der Waals surface area (Å²) in [6.45, 7) is 1.84. The number of nitrogens with one attached hydrogen (secondary N) is 1. The van der Waals surface area contributed by atoms with E-state index in [0.29, 0.717) is 22.0 Å². The summed E-state index contributed by atoms with van der Waals surface area (Å²) in [7, 11) is 0. The molecule has 2 heterocycles. The first kappa shape index (κ1) is 18.7. The quantitative estimate of drug-likeness (QED) is 0.397. The lowest BCUT2D eigenvalue weighted by Crippen LogP contribution is -2.19. The molecule has 29 heavy (non-hydrogen) atoms. The van der Waals surface area contributed by atoms with Gasteiger partial charge in [-0.05, 0) is 43.3 Å². The van der Waals surface area contributed by atoms with E-state index in [4.69, 9.17) is 11.6 Å². The maximum atomic E-state index is 12.7. The number of aryl methyl sites for hydroxylation is 1. The van der Waals surface area contributed by atoms with Gasteiger partial charge in [0.15, 0.2) is 0 Å². The van der Waals surface area contributed by atoms with Crippen LogP contribution in [0.4, 0.5) is 0 Å². The zero-order valence-corrected chi connectivity index (χ0v) is 16.4. The Morgan fingerprint density at radius 1 is 1.03 bits per heavy atom. The zero-order valence-electron chi connectivity index (χ0n) is 15.7. The van der Waals surface area contributed by atoms with Crippen molar-refractivity contribution >= 4 is 23.7 Å². The Bertz CT molecular complexity index is 1160. The van der Waals surface area contributed by atoms with Crippen molar-refractivity contribution in [3.8, 4) is 11.4 Å². The third-order valence-corrected chi connectivity index (χ3v) is 4.80. The Balaban J connectivity index is 1.55. The van der Waals surface area contributed by atoms with Crippen molar-refractivity contribution in [1.29, 1.82) is 0 Å². The Morgan fingerprint density at radius 3 is 2.48 bits per heavy atom. The van der Waals surface area contributed by atoms with Crippen molar-refractivity contribution in [2.45, 2.75) is 6.92 Å². The van der Waals surface area contributed by atoms with Gasteiger partial charge in [-0.3, -0.25) is 4.79 Å². The summed E-state index contributed by atoms with van der Waals surface area (Å²) in [5.41, 5.74) is 6.08. The Hall–Kier alpha value is -3.64. The van der Waals surface area contributed by atoms with Crippen LogP contribution < -0.4 is 5.43 Å². The smallest absolute Gasteiger partial charge is 0.273 e. The fraction of sp³-hybridized carbons (Fsp3) is 0.0455. The van der Waals surface area contributed by atoms with Crippen molar-refractivity contribution in [1.82, 2.24) is 19.8 Å². The van der Waals surface area contributed by atoms with Crippen LogP contribution in [-0.2, 0) is 0 Å². The van der Waals surface area contributed by atoms with Crippen LogP contribution in [0.5, 0.6) is 0 Å². The molecule has 0 radical (unpaired) electrons. The van der Waals surface area contributed by atoms with Crippen LogP contribution in [-0.4, -0.2) is 26.5 Å². The summed E-state index contributed by atoms with van der Waals surface area (Å²) in [5, 5.41) is 8.99. The molecule has 0 fully saturated rings. The topological polar surface area (TPSA) is 64.2 Å². The first-order valence-corrected chi connectivity index (χ1v) is 9.39. The molecule has 6 nitrogen and oxygen atoms in total. The number of carbonyl (C=O) groups excluding carboxylic acids is 1. The highest BCUT2D eigenvalue weighted by Gasteiger charge is 2.14. The number of benzene rings is 2. The van der Waals surface area contributed by atoms with Crippen molar-refractivity contribution in [3.05, 3.63) is 101 Å². The molecule has 2 aromatic carbocycles. The molecule has 2 aromatic heterocycles. The third-order valence-electron chi connectivity index (χ3n) is 4.44. The van der Waals surface area contributed by atoms with E-state index in [9.17, 15) is 4.79 Å². The zero-order chi connectivity index (χ0) is 20.2. The number of carbonyl (C=O) groups is 1. The molecule has 144 valence electrons. The molecule has 4 rings (SSSR count). The minimum Gasteiger partial charge on any atom is -0.323 e. The molecule has 0 saturated carbocycles. The number of nitrogens with zero attached hydrogens (tertiary/aromatic N) is 4. The number of hydrazone groups is 1. The molecule has 0 atom stereocenters. The van der Waals surface area contributed by atoms with E-state index in [0.717, 1.165) is 11.4 Å². The summed E-state index contributed by atoms with van der Waals surface area (Å²) in [6, 6.07) is 20.7. The molecule has 0 bridgehead atoms. The van der Waals surface area contributed by atoms with E-state index < -0.39 is 0 Å². The number of halogens is 1. The molecular weight excluding hydrogens is 386 g/mol. The number of rotatable bonds is 5. The monoisotopic (exact) mass is 403 g/mol. The molecule has 7 heteroatoms. The molecule has 0 saturated heterocycles. The number of hydrogen-bond donors (Lipinski definition) is 1. The van der Waals surface area contributed by atoms with Gasteiger partial charge in [-0.15, -0.1) is 0 Å². The van der Waals surface area contributed by atoms with E-state index in [1.165, 1.54) is 6.21 Å². The van der Waals surface area contributed by atoms with Gasteiger partial charge in [0.2, 0.25) is 0 Å². The summed E-state index contributed by atoms with van der Waals surface area (Å²) in [5.74, 6) is -0.310. The van der Waals surface area contributed by atoms with Crippen LogP contribution in [0.2, 0.25) is 5.15 Å². The summed E-state index contributed by atoms with van der Waals surface area (Å²) < 4.78 is 3.52. The maximum absolute atomic E-state index is 12.7. The van der Waals surface area contributed by atoms with E-state index in [1.807, 2.05) is 84.5 Å². The van der Waals surface area contributed by atoms with Gasteiger partial charge in [-0.25, -0.2) is 10.1 Å². The summed E-state index contributed by atoms with van der Waals surface area (Å²) in [6.07, 6.45) is 5.28. The molecule has 0 aliphatic heterocycles. The molecule has 0 spiro atoms. The minimum atomic E-state index is -0.310. The second kappa shape index (κ2) is 8.16. The first-order chi connectivity index (χ1) is 14.1.